The Hall–Kier alpha value is -2.76. The summed E-state index contributed by atoms with van der Waals surface area (Å²) in [7, 11) is -3.44. The van der Waals surface area contributed by atoms with Crippen molar-refractivity contribution < 1.29 is 31.5 Å². The van der Waals surface area contributed by atoms with Gasteiger partial charge in [-0.1, -0.05) is 32.6 Å². The van der Waals surface area contributed by atoms with Crippen LogP contribution < -0.4 is 15.2 Å². The number of alkyl halides is 2. The van der Waals surface area contributed by atoms with Crippen molar-refractivity contribution in [1.82, 2.24) is 9.21 Å². The van der Waals surface area contributed by atoms with Crippen LogP contribution in [-0.2, 0) is 20.7 Å². The molecule has 3 aliphatic rings. The number of sulfonamides is 1. The van der Waals surface area contributed by atoms with Crippen molar-refractivity contribution in [2.45, 2.75) is 113 Å². The van der Waals surface area contributed by atoms with E-state index < -0.39 is 33.5 Å². The number of benzene rings is 2. The van der Waals surface area contributed by atoms with E-state index in [0.29, 0.717) is 60.6 Å². The number of nitrogens with two attached hydrogens (primary N) is 1. The lowest BCUT2D eigenvalue weighted by molar-refractivity contribution is -0.154. The van der Waals surface area contributed by atoms with E-state index in [1.165, 1.54) is 60.6 Å². The molecule has 248 valence electrons. The van der Waals surface area contributed by atoms with Gasteiger partial charge in [-0.05, 0) is 99.4 Å². The van der Waals surface area contributed by atoms with Gasteiger partial charge in [-0.15, -0.1) is 0 Å². The van der Waals surface area contributed by atoms with Gasteiger partial charge in [0.15, 0.2) is 6.04 Å². The van der Waals surface area contributed by atoms with Gasteiger partial charge in [0.05, 0.1) is 18.1 Å². The average Bonchev–Trinajstić information content (AvgIpc) is 3.31. The first-order chi connectivity index (χ1) is 21.5. The first kappa shape index (κ1) is 33.6. The number of fused-ring (bicyclic) bond motifs is 2. The SMILES string of the molecule is CCCCOc1ccc(C(F)(F)[C@H](C(=O)N2C3CCC2CC(N)C3)N(C)S(=O)(=O)c2ccc(OCC3CCCCC3)cc2)cc1. The van der Waals surface area contributed by atoms with Crippen LogP contribution in [0.15, 0.2) is 53.4 Å². The summed E-state index contributed by atoms with van der Waals surface area (Å²) in [4.78, 5) is 15.5. The Balaban J connectivity index is 1.41. The molecule has 0 aromatic heterocycles. The third-order valence-electron chi connectivity index (χ3n) is 9.68. The van der Waals surface area contributed by atoms with E-state index in [9.17, 15) is 13.2 Å². The molecule has 1 aliphatic carbocycles. The minimum Gasteiger partial charge on any atom is -0.494 e. The normalized spacial score (nSPS) is 23.2. The zero-order chi connectivity index (χ0) is 32.2. The summed E-state index contributed by atoms with van der Waals surface area (Å²) >= 11 is 0. The van der Waals surface area contributed by atoms with Gasteiger partial charge in [-0.2, -0.15) is 13.1 Å². The van der Waals surface area contributed by atoms with Crippen molar-refractivity contribution in [3.05, 3.63) is 54.1 Å². The smallest absolute Gasteiger partial charge is 0.298 e. The molecule has 2 aromatic rings. The number of carbonyl (C=O) groups excluding carboxylic acids is 1. The lowest BCUT2D eigenvalue weighted by Gasteiger charge is -2.42. The molecule has 3 fully saturated rings. The van der Waals surface area contributed by atoms with Crippen LogP contribution >= 0.6 is 0 Å². The molecule has 2 bridgehead atoms. The van der Waals surface area contributed by atoms with Crippen molar-refractivity contribution >= 4 is 15.9 Å². The lowest BCUT2D eigenvalue weighted by Crippen LogP contribution is -2.61. The van der Waals surface area contributed by atoms with Crippen molar-refractivity contribution in [2.75, 3.05) is 20.3 Å². The summed E-state index contributed by atoms with van der Waals surface area (Å²) in [5.74, 6) is -3.33. The summed E-state index contributed by atoms with van der Waals surface area (Å²) in [6.45, 7) is 3.04. The minimum absolute atomic E-state index is 0.119. The lowest BCUT2D eigenvalue weighted by atomic mass is 9.90. The maximum atomic E-state index is 16.6. The maximum Gasteiger partial charge on any atom is 0.298 e. The number of rotatable bonds is 13. The number of carbonyl (C=O) groups is 1. The van der Waals surface area contributed by atoms with E-state index in [1.807, 2.05) is 6.92 Å². The molecule has 1 amide bonds. The first-order valence-electron chi connectivity index (χ1n) is 16.4. The van der Waals surface area contributed by atoms with Crippen LogP contribution in [0.3, 0.4) is 0 Å². The van der Waals surface area contributed by atoms with Crippen LogP contribution in [0.5, 0.6) is 11.5 Å². The fourth-order valence-corrected chi connectivity index (χ4v) is 8.42. The second-order valence-electron chi connectivity index (χ2n) is 12.9. The van der Waals surface area contributed by atoms with Gasteiger partial charge in [0, 0.05) is 30.7 Å². The Morgan fingerprint density at radius 1 is 0.956 bits per heavy atom. The highest BCUT2D eigenvalue weighted by molar-refractivity contribution is 7.89. The van der Waals surface area contributed by atoms with Gasteiger partial charge in [0.1, 0.15) is 11.5 Å². The van der Waals surface area contributed by atoms with E-state index in [2.05, 4.69) is 0 Å². The Morgan fingerprint density at radius 2 is 1.53 bits per heavy atom. The zero-order valence-corrected chi connectivity index (χ0v) is 27.2. The van der Waals surface area contributed by atoms with Gasteiger partial charge in [-0.3, -0.25) is 4.79 Å². The zero-order valence-electron chi connectivity index (χ0n) is 26.4. The summed E-state index contributed by atoms with van der Waals surface area (Å²) < 4.78 is 73.2. The minimum atomic E-state index is -4.51. The summed E-state index contributed by atoms with van der Waals surface area (Å²) in [5.41, 5.74) is 5.74. The molecule has 2 heterocycles. The van der Waals surface area contributed by atoms with E-state index in [-0.39, 0.29) is 23.0 Å². The molecule has 3 atom stereocenters. The highest BCUT2D eigenvalue weighted by atomic mass is 32.2. The van der Waals surface area contributed by atoms with Crippen molar-refractivity contribution in [1.29, 1.82) is 0 Å². The number of amides is 1. The Labute approximate surface area is 266 Å². The largest absolute Gasteiger partial charge is 0.494 e. The molecule has 2 N–H and O–H groups in total. The highest BCUT2D eigenvalue weighted by Gasteiger charge is 2.56. The van der Waals surface area contributed by atoms with Crippen LogP contribution in [0.2, 0.25) is 0 Å². The number of hydrogen-bond donors (Lipinski definition) is 1. The number of piperidine rings is 1. The Bertz CT molecular complexity index is 1370. The summed E-state index contributed by atoms with van der Waals surface area (Å²) in [6, 6.07) is 8.08. The molecule has 5 rings (SSSR count). The molecule has 2 saturated heterocycles. The Kier molecular flexibility index (Phi) is 10.7. The second kappa shape index (κ2) is 14.3. The Morgan fingerprint density at radius 3 is 2.13 bits per heavy atom. The molecule has 2 aliphatic heterocycles. The molecule has 1 saturated carbocycles. The molecule has 0 radical (unpaired) electrons. The molecule has 2 aromatic carbocycles. The van der Waals surface area contributed by atoms with Gasteiger partial charge in [0.2, 0.25) is 15.9 Å². The van der Waals surface area contributed by atoms with Crippen LogP contribution in [0.25, 0.3) is 0 Å². The van der Waals surface area contributed by atoms with Crippen LogP contribution in [-0.4, -0.2) is 68.0 Å². The van der Waals surface area contributed by atoms with Gasteiger partial charge < -0.3 is 20.1 Å². The van der Waals surface area contributed by atoms with Crippen LogP contribution in [0.4, 0.5) is 8.78 Å². The monoisotopic (exact) mass is 647 g/mol. The number of likely N-dealkylation sites (N-methyl/N-ethyl adjacent to an activating group) is 1. The van der Waals surface area contributed by atoms with Crippen molar-refractivity contribution in [2.24, 2.45) is 11.7 Å². The average molecular weight is 648 g/mol. The first-order valence-corrected chi connectivity index (χ1v) is 17.9. The predicted molar refractivity (Wildman–Crippen MR) is 169 cm³/mol. The summed E-state index contributed by atoms with van der Waals surface area (Å²) in [6.07, 6.45) is 9.91. The third-order valence-corrected chi connectivity index (χ3v) is 11.5. The molecule has 2 unspecified atom stereocenters. The molecular formula is C34H47F2N3O5S. The van der Waals surface area contributed by atoms with Gasteiger partial charge in [0.25, 0.3) is 5.92 Å². The van der Waals surface area contributed by atoms with Crippen LogP contribution in [0, 0.1) is 5.92 Å². The number of unbranched alkanes of at least 4 members (excludes halogenated alkanes) is 1. The predicted octanol–water partition coefficient (Wildman–Crippen LogP) is 6.09. The number of halogens is 2. The maximum absolute atomic E-state index is 16.6. The van der Waals surface area contributed by atoms with Gasteiger partial charge >= 0.3 is 0 Å². The van der Waals surface area contributed by atoms with Crippen molar-refractivity contribution in [3.8, 4) is 11.5 Å². The van der Waals surface area contributed by atoms with E-state index in [0.717, 1.165) is 32.7 Å². The molecular weight excluding hydrogens is 600 g/mol. The van der Waals surface area contributed by atoms with E-state index in [1.54, 1.807) is 12.1 Å². The number of ether oxygens (including phenoxy) is 2. The van der Waals surface area contributed by atoms with Crippen LogP contribution in [0.1, 0.15) is 83.1 Å². The fraction of sp³-hybridized carbons (Fsp3) is 0.618. The topological polar surface area (TPSA) is 102 Å². The molecule has 0 spiro atoms. The third kappa shape index (κ3) is 7.46. The van der Waals surface area contributed by atoms with E-state index in [4.69, 9.17) is 15.2 Å². The van der Waals surface area contributed by atoms with Gasteiger partial charge in [-0.25, -0.2) is 8.42 Å². The number of hydrogen-bond acceptors (Lipinski definition) is 6. The van der Waals surface area contributed by atoms with Crippen molar-refractivity contribution in [3.63, 3.8) is 0 Å². The fourth-order valence-electron chi connectivity index (χ4n) is 7.11. The number of nitrogens with zero attached hydrogens (tertiary/aromatic N) is 2. The molecule has 8 nitrogen and oxygen atoms in total. The standard InChI is InChI=1S/C34H47F2N3O5S/c1-3-4-20-43-29-14-10-25(11-15-29)34(35,36)32(33(40)39-27-12-13-28(39)22-26(37)21-27)38(2)45(41,42)31-18-16-30(17-19-31)44-23-24-8-6-5-7-9-24/h10-11,14-19,24,26-28,32H,3-9,12-13,20-23,37H2,1-2H3/t26?,27?,28?,32-/m0/s1. The molecule has 11 heteroatoms. The quantitative estimate of drug-likeness (QED) is 0.264. The van der Waals surface area contributed by atoms with E-state index >= 15 is 8.78 Å². The highest BCUT2D eigenvalue weighted by Crippen LogP contribution is 2.42. The summed E-state index contributed by atoms with van der Waals surface area (Å²) in [5, 5.41) is 0. The molecule has 45 heavy (non-hydrogen) atoms. The second-order valence-corrected chi connectivity index (χ2v) is 14.9.